The second kappa shape index (κ2) is 6.22. The summed E-state index contributed by atoms with van der Waals surface area (Å²) in [5, 5.41) is 0. The van der Waals surface area contributed by atoms with E-state index in [1.807, 2.05) is 0 Å². The summed E-state index contributed by atoms with van der Waals surface area (Å²) >= 11 is 3.50. The van der Waals surface area contributed by atoms with Crippen LogP contribution in [0.3, 0.4) is 0 Å². The highest BCUT2D eigenvalue weighted by Crippen LogP contribution is 2.30. The SMILES string of the molecule is CCN(c1cccc(C)c1)c1ccc(Br)cc1CN. The van der Waals surface area contributed by atoms with Crippen LogP contribution in [0.25, 0.3) is 0 Å². The van der Waals surface area contributed by atoms with Crippen LogP contribution in [0.15, 0.2) is 46.9 Å². The van der Waals surface area contributed by atoms with Crippen molar-refractivity contribution >= 4 is 27.3 Å². The van der Waals surface area contributed by atoms with E-state index < -0.39 is 0 Å². The summed E-state index contributed by atoms with van der Waals surface area (Å²) in [6.45, 7) is 5.72. The van der Waals surface area contributed by atoms with Crippen LogP contribution in [0.2, 0.25) is 0 Å². The standard InChI is InChI=1S/C16H19BrN2/c1-3-19(15-6-4-5-12(2)9-15)16-8-7-14(17)10-13(16)11-18/h4-10H,3,11,18H2,1-2H3. The number of anilines is 2. The molecule has 0 radical (unpaired) electrons. The first-order valence-corrected chi connectivity index (χ1v) is 7.27. The topological polar surface area (TPSA) is 29.3 Å². The Morgan fingerprint density at radius 2 is 1.95 bits per heavy atom. The minimum Gasteiger partial charge on any atom is -0.341 e. The predicted molar refractivity (Wildman–Crippen MR) is 85.9 cm³/mol. The molecule has 0 unspecified atom stereocenters. The van der Waals surface area contributed by atoms with Gasteiger partial charge in [0, 0.05) is 28.9 Å². The number of hydrogen-bond donors (Lipinski definition) is 1. The maximum atomic E-state index is 5.87. The molecule has 0 heterocycles. The van der Waals surface area contributed by atoms with Crippen LogP contribution in [0, 0.1) is 6.92 Å². The van der Waals surface area contributed by atoms with Crippen molar-refractivity contribution < 1.29 is 0 Å². The Kier molecular flexibility index (Phi) is 4.61. The zero-order valence-corrected chi connectivity index (χ0v) is 12.9. The molecule has 2 N–H and O–H groups in total. The van der Waals surface area contributed by atoms with Crippen molar-refractivity contribution in [3.8, 4) is 0 Å². The lowest BCUT2D eigenvalue weighted by Gasteiger charge is -2.26. The van der Waals surface area contributed by atoms with E-state index in [4.69, 9.17) is 5.73 Å². The fourth-order valence-corrected chi connectivity index (χ4v) is 2.68. The van der Waals surface area contributed by atoms with Crippen molar-refractivity contribution in [2.75, 3.05) is 11.4 Å². The normalized spacial score (nSPS) is 10.5. The molecule has 0 aromatic heterocycles. The molecule has 0 aliphatic heterocycles. The molecule has 3 heteroatoms. The van der Waals surface area contributed by atoms with Crippen LogP contribution < -0.4 is 10.6 Å². The van der Waals surface area contributed by atoms with Gasteiger partial charge in [-0.3, -0.25) is 0 Å². The first kappa shape index (κ1) is 14.1. The highest BCUT2D eigenvalue weighted by atomic mass is 79.9. The third-order valence-corrected chi connectivity index (χ3v) is 3.68. The van der Waals surface area contributed by atoms with E-state index in [1.54, 1.807) is 0 Å². The Labute approximate surface area is 123 Å². The second-order valence-corrected chi connectivity index (χ2v) is 5.48. The fraction of sp³-hybridized carbons (Fsp3) is 0.250. The molecule has 2 rings (SSSR count). The van der Waals surface area contributed by atoms with Crippen LogP contribution in [-0.2, 0) is 6.54 Å². The van der Waals surface area contributed by atoms with Gasteiger partial charge in [-0.1, -0.05) is 28.1 Å². The zero-order valence-electron chi connectivity index (χ0n) is 11.4. The molecule has 0 spiro atoms. The van der Waals surface area contributed by atoms with Gasteiger partial charge in [0.25, 0.3) is 0 Å². The van der Waals surface area contributed by atoms with E-state index >= 15 is 0 Å². The number of aryl methyl sites for hydroxylation is 1. The van der Waals surface area contributed by atoms with E-state index in [0.29, 0.717) is 6.54 Å². The number of hydrogen-bond acceptors (Lipinski definition) is 2. The molecule has 0 fully saturated rings. The molecular weight excluding hydrogens is 300 g/mol. The summed E-state index contributed by atoms with van der Waals surface area (Å²) in [5.74, 6) is 0. The van der Waals surface area contributed by atoms with E-state index in [1.165, 1.54) is 16.9 Å². The van der Waals surface area contributed by atoms with Crippen molar-refractivity contribution in [3.05, 3.63) is 58.1 Å². The van der Waals surface area contributed by atoms with Gasteiger partial charge in [0.05, 0.1) is 0 Å². The largest absolute Gasteiger partial charge is 0.341 e. The molecule has 0 aliphatic rings. The number of halogens is 1. The molecule has 2 nitrogen and oxygen atoms in total. The number of rotatable bonds is 4. The second-order valence-electron chi connectivity index (χ2n) is 4.56. The van der Waals surface area contributed by atoms with Crippen LogP contribution >= 0.6 is 15.9 Å². The first-order chi connectivity index (χ1) is 9.15. The van der Waals surface area contributed by atoms with Crippen LogP contribution in [-0.4, -0.2) is 6.54 Å². The minimum absolute atomic E-state index is 0.539. The predicted octanol–water partition coefficient (Wildman–Crippen LogP) is 4.37. The van der Waals surface area contributed by atoms with E-state index in [0.717, 1.165) is 16.6 Å². The Bertz CT molecular complexity index is 566. The van der Waals surface area contributed by atoms with Crippen molar-refractivity contribution in [1.82, 2.24) is 0 Å². The minimum atomic E-state index is 0.539. The number of nitrogens with zero attached hydrogens (tertiary/aromatic N) is 1. The average molecular weight is 319 g/mol. The van der Waals surface area contributed by atoms with E-state index in [2.05, 4.69) is 77.1 Å². The molecule has 0 saturated carbocycles. The highest BCUT2D eigenvalue weighted by Gasteiger charge is 2.11. The van der Waals surface area contributed by atoms with Gasteiger partial charge in [-0.05, 0) is 55.3 Å². The molecule has 0 atom stereocenters. The summed E-state index contributed by atoms with van der Waals surface area (Å²) in [4.78, 5) is 2.29. The van der Waals surface area contributed by atoms with Gasteiger partial charge in [0.1, 0.15) is 0 Å². The van der Waals surface area contributed by atoms with Crippen molar-refractivity contribution in [2.45, 2.75) is 20.4 Å². The highest BCUT2D eigenvalue weighted by molar-refractivity contribution is 9.10. The Balaban J connectivity index is 2.48. The van der Waals surface area contributed by atoms with Crippen molar-refractivity contribution in [1.29, 1.82) is 0 Å². The molecule has 0 aliphatic carbocycles. The lowest BCUT2D eigenvalue weighted by Crippen LogP contribution is -2.18. The Morgan fingerprint density at radius 3 is 2.58 bits per heavy atom. The van der Waals surface area contributed by atoms with Gasteiger partial charge in [-0.25, -0.2) is 0 Å². The summed E-state index contributed by atoms with van der Waals surface area (Å²) in [5.41, 5.74) is 10.7. The monoisotopic (exact) mass is 318 g/mol. The maximum absolute atomic E-state index is 5.87. The average Bonchev–Trinajstić information content (AvgIpc) is 2.41. The molecule has 0 saturated heterocycles. The molecular formula is C16H19BrN2. The Morgan fingerprint density at radius 1 is 1.16 bits per heavy atom. The van der Waals surface area contributed by atoms with Crippen molar-refractivity contribution in [2.24, 2.45) is 5.73 Å². The smallest absolute Gasteiger partial charge is 0.0456 e. The lowest BCUT2D eigenvalue weighted by atomic mass is 10.1. The van der Waals surface area contributed by atoms with Crippen molar-refractivity contribution in [3.63, 3.8) is 0 Å². The quantitative estimate of drug-likeness (QED) is 0.906. The molecule has 2 aromatic carbocycles. The van der Waals surface area contributed by atoms with Gasteiger partial charge in [0.15, 0.2) is 0 Å². The summed E-state index contributed by atoms with van der Waals surface area (Å²) < 4.78 is 1.07. The molecule has 0 amide bonds. The molecule has 100 valence electrons. The maximum Gasteiger partial charge on any atom is 0.0456 e. The van der Waals surface area contributed by atoms with Gasteiger partial charge in [-0.2, -0.15) is 0 Å². The fourth-order valence-electron chi connectivity index (χ4n) is 2.27. The zero-order chi connectivity index (χ0) is 13.8. The molecule has 2 aromatic rings. The number of benzene rings is 2. The summed E-state index contributed by atoms with van der Waals surface area (Å²) in [6, 6.07) is 14.8. The molecule has 0 bridgehead atoms. The van der Waals surface area contributed by atoms with Gasteiger partial charge in [0.2, 0.25) is 0 Å². The van der Waals surface area contributed by atoms with Crippen LogP contribution in [0.5, 0.6) is 0 Å². The molecule has 19 heavy (non-hydrogen) atoms. The third kappa shape index (κ3) is 3.17. The van der Waals surface area contributed by atoms with Gasteiger partial charge < -0.3 is 10.6 Å². The van der Waals surface area contributed by atoms with Crippen LogP contribution in [0.4, 0.5) is 11.4 Å². The summed E-state index contributed by atoms with van der Waals surface area (Å²) in [7, 11) is 0. The van der Waals surface area contributed by atoms with Crippen LogP contribution in [0.1, 0.15) is 18.1 Å². The summed E-state index contributed by atoms with van der Waals surface area (Å²) in [6.07, 6.45) is 0. The first-order valence-electron chi connectivity index (χ1n) is 6.48. The Hall–Kier alpha value is -1.32. The third-order valence-electron chi connectivity index (χ3n) is 3.18. The lowest BCUT2D eigenvalue weighted by molar-refractivity contribution is 0.981. The van der Waals surface area contributed by atoms with E-state index in [9.17, 15) is 0 Å². The van der Waals surface area contributed by atoms with E-state index in [-0.39, 0.29) is 0 Å². The van der Waals surface area contributed by atoms with Gasteiger partial charge >= 0.3 is 0 Å². The van der Waals surface area contributed by atoms with Gasteiger partial charge in [-0.15, -0.1) is 0 Å². The number of nitrogens with two attached hydrogens (primary N) is 1.